The molecule has 1 aliphatic carbocycles. The van der Waals surface area contributed by atoms with Crippen LogP contribution in [0.3, 0.4) is 0 Å². The fourth-order valence-electron chi connectivity index (χ4n) is 3.06. The van der Waals surface area contributed by atoms with E-state index in [1.807, 2.05) is 11.9 Å². The van der Waals surface area contributed by atoms with Crippen LogP contribution in [0.25, 0.3) is 0 Å². The maximum atomic E-state index is 12.5. The van der Waals surface area contributed by atoms with Crippen molar-refractivity contribution in [3.63, 3.8) is 0 Å². The van der Waals surface area contributed by atoms with Gasteiger partial charge in [0, 0.05) is 19.6 Å². The van der Waals surface area contributed by atoms with E-state index in [2.05, 4.69) is 12.2 Å². The molecule has 1 unspecified atom stereocenters. The van der Waals surface area contributed by atoms with Crippen molar-refractivity contribution in [2.75, 3.05) is 20.1 Å². The third-order valence-corrected chi connectivity index (χ3v) is 4.33. The topological polar surface area (TPSA) is 32.3 Å². The molecule has 1 N–H and O–H groups in total. The van der Waals surface area contributed by atoms with Gasteiger partial charge in [-0.15, -0.1) is 12.4 Å². The lowest BCUT2D eigenvalue weighted by molar-refractivity contribution is -0.141. The average molecular weight is 261 g/mol. The SMILES string of the molecule is CN(C(=O)C1(C)CCNC1)C1CCCCC1.Cl. The molecule has 0 aromatic heterocycles. The van der Waals surface area contributed by atoms with Crippen molar-refractivity contribution in [3.8, 4) is 0 Å². The molecule has 3 nitrogen and oxygen atoms in total. The number of nitrogens with zero attached hydrogens (tertiary/aromatic N) is 1. The van der Waals surface area contributed by atoms with Crippen molar-refractivity contribution in [3.05, 3.63) is 0 Å². The number of carbonyl (C=O) groups is 1. The summed E-state index contributed by atoms with van der Waals surface area (Å²) in [7, 11) is 2.00. The second-order valence-electron chi connectivity index (χ2n) is 5.70. The quantitative estimate of drug-likeness (QED) is 0.826. The van der Waals surface area contributed by atoms with Gasteiger partial charge in [0.25, 0.3) is 0 Å². The van der Waals surface area contributed by atoms with E-state index in [4.69, 9.17) is 0 Å². The summed E-state index contributed by atoms with van der Waals surface area (Å²) in [5.41, 5.74) is -0.147. The first-order valence-electron chi connectivity index (χ1n) is 6.61. The molecule has 4 heteroatoms. The maximum absolute atomic E-state index is 12.5. The van der Waals surface area contributed by atoms with Gasteiger partial charge in [0.05, 0.1) is 5.41 Å². The van der Waals surface area contributed by atoms with Gasteiger partial charge in [-0.2, -0.15) is 0 Å². The van der Waals surface area contributed by atoms with E-state index < -0.39 is 0 Å². The summed E-state index contributed by atoms with van der Waals surface area (Å²) in [5, 5.41) is 3.30. The monoisotopic (exact) mass is 260 g/mol. The zero-order valence-corrected chi connectivity index (χ0v) is 11.8. The van der Waals surface area contributed by atoms with Crippen LogP contribution in [-0.2, 0) is 4.79 Å². The van der Waals surface area contributed by atoms with Gasteiger partial charge in [-0.3, -0.25) is 4.79 Å². The van der Waals surface area contributed by atoms with E-state index in [1.165, 1.54) is 32.1 Å². The molecule has 1 heterocycles. The molecule has 1 atom stereocenters. The summed E-state index contributed by atoms with van der Waals surface area (Å²) >= 11 is 0. The number of rotatable bonds is 2. The Hall–Kier alpha value is -0.280. The van der Waals surface area contributed by atoms with Crippen LogP contribution in [0, 0.1) is 5.41 Å². The van der Waals surface area contributed by atoms with Gasteiger partial charge in [-0.1, -0.05) is 19.3 Å². The van der Waals surface area contributed by atoms with E-state index in [0.29, 0.717) is 11.9 Å². The minimum absolute atomic E-state index is 0. The van der Waals surface area contributed by atoms with Crippen LogP contribution in [0.15, 0.2) is 0 Å². The summed E-state index contributed by atoms with van der Waals surface area (Å²) in [4.78, 5) is 14.5. The molecule has 1 saturated carbocycles. The van der Waals surface area contributed by atoms with Crippen LogP contribution in [0.4, 0.5) is 0 Å². The lowest BCUT2D eigenvalue weighted by atomic mass is 9.86. The molecule has 2 fully saturated rings. The van der Waals surface area contributed by atoms with Crippen molar-refractivity contribution in [2.45, 2.75) is 51.5 Å². The molecule has 1 saturated heterocycles. The van der Waals surface area contributed by atoms with Crippen LogP contribution < -0.4 is 5.32 Å². The van der Waals surface area contributed by atoms with Crippen molar-refractivity contribution in [1.82, 2.24) is 10.2 Å². The molecule has 1 aliphatic heterocycles. The number of carbonyl (C=O) groups excluding carboxylic acids is 1. The van der Waals surface area contributed by atoms with Gasteiger partial charge in [-0.05, 0) is 32.7 Å². The highest BCUT2D eigenvalue weighted by atomic mass is 35.5. The molecule has 2 rings (SSSR count). The van der Waals surface area contributed by atoms with Gasteiger partial charge >= 0.3 is 0 Å². The Balaban J connectivity index is 0.00000144. The number of halogens is 1. The first-order chi connectivity index (χ1) is 7.63. The van der Waals surface area contributed by atoms with E-state index in [9.17, 15) is 4.79 Å². The number of amides is 1. The van der Waals surface area contributed by atoms with Crippen LogP contribution in [0.1, 0.15) is 45.4 Å². The maximum Gasteiger partial charge on any atom is 0.229 e. The number of hydrogen-bond acceptors (Lipinski definition) is 2. The minimum Gasteiger partial charge on any atom is -0.342 e. The van der Waals surface area contributed by atoms with Crippen molar-refractivity contribution < 1.29 is 4.79 Å². The lowest BCUT2D eigenvalue weighted by Crippen LogP contribution is -2.47. The minimum atomic E-state index is -0.147. The van der Waals surface area contributed by atoms with Crippen molar-refractivity contribution in [1.29, 1.82) is 0 Å². The van der Waals surface area contributed by atoms with Crippen LogP contribution >= 0.6 is 12.4 Å². The van der Waals surface area contributed by atoms with E-state index in [1.54, 1.807) is 0 Å². The zero-order valence-electron chi connectivity index (χ0n) is 11.0. The zero-order chi connectivity index (χ0) is 11.6. The standard InChI is InChI=1S/C13H24N2O.ClH/c1-13(8-9-14-10-13)12(16)15(2)11-6-4-3-5-7-11;/h11,14H,3-10H2,1-2H3;1H. The van der Waals surface area contributed by atoms with Gasteiger partial charge in [-0.25, -0.2) is 0 Å². The first-order valence-corrected chi connectivity index (χ1v) is 6.61. The smallest absolute Gasteiger partial charge is 0.229 e. The molecule has 0 bridgehead atoms. The molecule has 0 spiro atoms. The average Bonchev–Trinajstić information content (AvgIpc) is 2.77. The summed E-state index contributed by atoms with van der Waals surface area (Å²) < 4.78 is 0. The van der Waals surface area contributed by atoms with Gasteiger partial charge < -0.3 is 10.2 Å². The summed E-state index contributed by atoms with van der Waals surface area (Å²) in [5.74, 6) is 0.351. The van der Waals surface area contributed by atoms with Crippen LogP contribution in [0.5, 0.6) is 0 Å². The molecule has 2 aliphatic rings. The Kier molecular flexibility index (Phi) is 5.26. The first kappa shape index (κ1) is 14.8. The normalized spacial score (nSPS) is 29.8. The molecular weight excluding hydrogens is 236 g/mol. The number of nitrogens with one attached hydrogen (secondary N) is 1. The fourth-order valence-corrected chi connectivity index (χ4v) is 3.06. The second-order valence-corrected chi connectivity index (χ2v) is 5.70. The highest BCUT2D eigenvalue weighted by Crippen LogP contribution is 2.30. The van der Waals surface area contributed by atoms with E-state index in [0.717, 1.165) is 19.5 Å². The predicted octanol–water partition coefficient (Wildman–Crippen LogP) is 2.20. The molecular formula is C13H25ClN2O. The molecule has 0 aromatic rings. The van der Waals surface area contributed by atoms with Crippen molar-refractivity contribution in [2.24, 2.45) is 5.41 Å². The predicted molar refractivity (Wildman–Crippen MR) is 72.5 cm³/mol. The Morgan fingerprint density at radius 1 is 1.29 bits per heavy atom. The molecule has 100 valence electrons. The second kappa shape index (κ2) is 6.05. The summed E-state index contributed by atoms with van der Waals surface area (Å²) in [6.45, 7) is 3.94. The van der Waals surface area contributed by atoms with Crippen LogP contribution in [0.2, 0.25) is 0 Å². The van der Waals surface area contributed by atoms with Gasteiger partial charge in [0.1, 0.15) is 0 Å². The Morgan fingerprint density at radius 2 is 1.94 bits per heavy atom. The van der Waals surface area contributed by atoms with Crippen LogP contribution in [-0.4, -0.2) is 37.0 Å². The third kappa shape index (κ3) is 3.14. The molecule has 17 heavy (non-hydrogen) atoms. The highest BCUT2D eigenvalue weighted by Gasteiger charge is 2.39. The summed E-state index contributed by atoms with van der Waals surface area (Å²) in [6, 6.07) is 0.499. The van der Waals surface area contributed by atoms with Gasteiger partial charge in [0.15, 0.2) is 0 Å². The summed E-state index contributed by atoms with van der Waals surface area (Å²) in [6.07, 6.45) is 7.31. The van der Waals surface area contributed by atoms with Crippen molar-refractivity contribution >= 4 is 18.3 Å². The van der Waals surface area contributed by atoms with Gasteiger partial charge in [0.2, 0.25) is 5.91 Å². The largest absolute Gasteiger partial charge is 0.342 e. The fraction of sp³-hybridized carbons (Fsp3) is 0.923. The van der Waals surface area contributed by atoms with E-state index in [-0.39, 0.29) is 17.8 Å². The Labute approximate surface area is 111 Å². The lowest BCUT2D eigenvalue weighted by Gasteiger charge is -2.36. The molecule has 0 aromatic carbocycles. The highest BCUT2D eigenvalue weighted by molar-refractivity contribution is 5.85. The Bertz CT molecular complexity index is 258. The Morgan fingerprint density at radius 3 is 2.47 bits per heavy atom. The third-order valence-electron chi connectivity index (χ3n) is 4.33. The van der Waals surface area contributed by atoms with E-state index >= 15 is 0 Å². The molecule has 1 amide bonds. The number of hydrogen-bond donors (Lipinski definition) is 1. The molecule has 0 radical (unpaired) electrons.